The molecule has 3 rings (SSSR count). The summed E-state index contributed by atoms with van der Waals surface area (Å²) in [6, 6.07) is 13.0. The molecular formula is C18H16ClNO5S2. The van der Waals surface area contributed by atoms with E-state index in [1.165, 1.54) is 12.3 Å². The molecule has 0 aliphatic heterocycles. The molecule has 1 amide bonds. The molecular weight excluding hydrogens is 410 g/mol. The van der Waals surface area contributed by atoms with Crippen LogP contribution in [0.15, 0.2) is 68.8 Å². The molecule has 0 aliphatic rings. The molecule has 0 saturated heterocycles. The van der Waals surface area contributed by atoms with E-state index in [0.717, 1.165) is 11.3 Å². The van der Waals surface area contributed by atoms with E-state index in [0.29, 0.717) is 10.8 Å². The predicted octanol–water partition coefficient (Wildman–Crippen LogP) is 3.70. The molecule has 0 bridgehead atoms. The van der Waals surface area contributed by atoms with Gasteiger partial charge in [0.25, 0.3) is 5.91 Å². The lowest BCUT2D eigenvalue weighted by Crippen LogP contribution is -2.34. The van der Waals surface area contributed by atoms with Gasteiger partial charge >= 0.3 is 0 Å². The summed E-state index contributed by atoms with van der Waals surface area (Å²) in [5, 5.41) is 3.82. The zero-order valence-corrected chi connectivity index (χ0v) is 16.4. The third-order valence-electron chi connectivity index (χ3n) is 3.68. The minimum absolute atomic E-state index is 0.128. The second kappa shape index (κ2) is 8.60. The van der Waals surface area contributed by atoms with E-state index < -0.39 is 21.0 Å². The molecule has 0 spiro atoms. The van der Waals surface area contributed by atoms with Gasteiger partial charge in [-0.2, -0.15) is 0 Å². The number of thiophene rings is 1. The number of rotatable bonds is 8. The van der Waals surface area contributed by atoms with Crippen molar-refractivity contribution in [1.29, 1.82) is 0 Å². The summed E-state index contributed by atoms with van der Waals surface area (Å²) in [5.41, 5.74) is 0. The standard InChI is InChI=1S/C18H16ClNO5S2/c19-13-5-7-14(8-6-13)25-12-17(21)20-11-16(15-3-1-9-24-15)27(22,23)18-4-2-10-26-18/h1-10,16H,11-12H2,(H,20,21)/t16-/m0/s1. The fourth-order valence-corrected chi connectivity index (χ4v) is 5.26. The van der Waals surface area contributed by atoms with Crippen molar-refractivity contribution in [2.75, 3.05) is 13.2 Å². The number of carbonyl (C=O) groups is 1. The number of hydrogen-bond donors (Lipinski definition) is 1. The van der Waals surface area contributed by atoms with Crippen LogP contribution in [0.2, 0.25) is 5.02 Å². The van der Waals surface area contributed by atoms with Gasteiger partial charge in [-0.15, -0.1) is 11.3 Å². The lowest BCUT2D eigenvalue weighted by molar-refractivity contribution is -0.123. The second-order valence-electron chi connectivity index (χ2n) is 5.53. The van der Waals surface area contributed by atoms with Crippen molar-refractivity contribution >= 4 is 38.7 Å². The lowest BCUT2D eigenvalue weighted by Gasteiger charge is -2.16. The van der Waals surface area contributed by atoms with Crippen molar-refractivity contribution in [3.63, 3.8) is 0 Å². The first-order valence-corrected chi connectivity index (χ1v) is 10.7. The fraction of sp³-hybridized carbons (Fsp3) is 0.167. The highest BCUT2D eigenvalue weighted by Gasteiger charge is 2.32. The van der Waals surface area contributed by atoms with Gasteiger partial charge in [0.05, 0.1) is 6.26 Å². The van der Waals surface area contributed by atoms with Crippen molar-refractivity contribution < 1.29 is 22.4 Å². The zero-order chi connectivity index (χ0) is 19.3. The van der Waals surface area contributed by atoms with Gasteiger partial charge in [0.1, 0.15) is 21.0 Å². The van der Waals surface area contributed by atoms with E-state index in [4.69, 9.17) is 20.8 Å². The third-order valence-corrected chi connectivity index (χ3v) is 7.42. The van der Waals surface area contributed by atoms with Gasteiger partial charge in [-0.3, -0.25) is 4.79 Å². The first-order chi connectivity index (χ1) is 13.0. The van der Waals surface area contributed by atoms with Crippen molar-refractivity contribution in [1.82, 2.24) is 5.32 Å². The van der Waals surface area contributed by atoms with Crippen molar-refractivity contribution in [2.45, 2.75) is 9.46 Å². The van der Waals surface area contributed by atoms with Crippen molar-refractivity contribution in [2.24, 2.45) is 0 Å². The van der Waals surface area contributed by atoms with Crippen molar-refractivity contribution in [3.8, 4) is 5.75 Å². The largest absolute Gasteiger partial charge is 0.484 e. The highest BCUT2D eigenvalue weighted by Crippen LogP contribution is 2.31. The lowest BCUT2D eigenvalue weighted by atomic mass is 10.3. The fourth-order valence-electron chi connectivity index (χ4n) is 2.34. The minimum atomic E-state index is -3.69. The van der Waals surface area contributed by atoms with Crippen LogP contribution in [-0.2, 0) is 14.6 Å². The minimum Gasteiger partial charge on any atom is -0.484 e. The molecule has 6 nitrogen and oxygen atoms in total. The third kappa shape index (κ3) is 4.91. The molecule has 0 radical (unpaired) electrons. The Balaban J connectivity index is 1.65. The molecule has 142 valence electrons. The average Bonchev–Trinajstić information content (AvgIpc) is 3.35. The summed E-state index contributed by atoms with van der Waals surface area (Å²) in [6.07, 6.45) is 1.40. The van der Waals surface area contributed by atoms with Gasteiger partial charge in [0, 0.05) is 11.6 Å². The van der Waals surface area contributed by atoms with Gasteiger partial charge in [-0.05, 0) is 47.8 Å². The summed E-state index contributed by atoms with van der Waals surface area (Å²) in [6.45, 7) is -0.373. The summed E-state index contributed by atoms with van der Waals surface area (Å²) in [7, 11) is -3.69. The van der Waals surface area contributed by atoms with Crippen LogP contribution >= 0.6 is 22.9 Å². The van der Waals surface area contributed by atoms with E-state index in [2.05, 4.69) is 5.32 Å². The SMILES string of the molecule is O=C(COc1ccc(Cl)cc1)NC[C@@H](c1ccco1)S(=O)(=O)c1cccs1. The maximum Gasteiger partial charge on any atom is 0.257 e. The Morgan fingerprint density at radius 1 is 1.19 bits per heavy atom. The Morgan fingerprint density at radius 3 is 2.59 bits per heavy atom. The van der Waals surface area contributed by atoms with Crippen LogP contribution in [0.4, 0.5) is 0 Å². The topological polar surface area (TPSA) is 85.6 Å². The van der Waals surface area contributed by atoms with Crippen LogP contribution in [0.25, 0.3) is 0 Å². The molecule has 0 saturated carbocycles. The summed E-state index contributed by atoms with van der Waals surface area (Å²) >= 11 is 6.91. The average molecular weight is 426 g/mol. The van der Waals surface area contributed by atoms with Crippen LogP contribution in [0, 0.1) is 0 Å². The van der Waals surface area contributed by atoms with E-state index in [1.54, 1.807) is 47.8 Å². The van der Waals surface area contributed by atoms with E-state index >= 15 is 0 Å². The highest BCUT2D eigenvalue weighted by molar-refractivity contribution is 7.93. The van der Waals surface area contributed by atoms with Crippen LogP contribution in [0.1, 0.15) is 11.0 Å². The number of sulfone groups is 1. The molecule has 0 unspecified atom stereocenters. The molecule has 9 heteroatoms. The molecule has 2 heterocycles. The highest BCUT2D eigenvalue weighted by atomic mass is 35.5. The Hall–Kier alpha value is -2.29. The van der Waals surface area contributed by atoms with Gasteiger partial charge in [0.15, 0.2) is 16.4 Å². The normalized spacial score (nSPS) is 12.5. The molecule has 1 aromatic carbocycles. The number of amides is 1. The monoisotopic (exact) mass is 425 g/mol. The smallest absolute Gasteiger partial charge is 0.257 e. The van der Waals surface area contributed by atoms with E-state index in [9.17, 15) is 13.2 Å². The van der Waals surface area contributed by atoms with Gasteiger partial charge in [-0.25, -0.2) is 8.42 Å². The number of benzene rings is 1. The maximum atomic E-state index is 12.9. The van der Waals surface area contributed by atoms with Gasteiger partial charge in [0.2, 0.25) is 0 Å². The Morgan fingerprint density at radius 2 is 1.96 bits per heavy atom. The van der Waals surface area contributed by atoms with Crippen molar-refractivity contribution in [3.05, 3.63) is 71.0 Å². The number of nitrogens with one attached hydrogen (secondary N) is 1. The summed E-state index contributed by atoms with van der Waals surface area (Å²) < 4.78 is 36.6. The first-order valence-electron chi connectivity index (χ1n) is 7.92. The molecule has 0 aliphatic carbocycles. The van der Waals surface area contributed by atoms with E-state index in [1.807, 2.05) is 0 Å². The van der Waals surface area contributed by atoms with Crippen LogP contribution < -0.4 is 10.1 Å². The first kappa shape index (κ1) is 19.5. The number of ether oxygens (including phenoxy) is 1. The number of carbonyl (C=O) groups excluding carboxylic acids is 1. The molecule has 1 N–H and O–H groups in total. The molecule has 3 aromatic rings. The second-order valence-corrected chi connectivity index (χ2v) is 9.27. The Bertz CT molecular complexity index is 967. The van der Waals surface area contributed by atoms with Crippen LogP contribution in [-0.4, -0.2) is 27.5 Å². The van der Waals surface area contributed by atoms with Gasteiger partial charge < -0.3 is 14.5 Å². The number of hydrogen-bond acceptors (Lipinski definition) is 6. The molecule has 2 aromatic heterocycles. The van der Waals surface area contributed by atoms with Crippen LogP contribution in [0.5, 0.6) is 5.75 Å². The quantitative estimate of drug-likeness (QED) is 0.594. The Labute approximate surface area is 165 Å². The maximum absolute atomic E-state index is 12.9. The van der Waals surface area contributed by atoms with Gasteiger partial charge in [-0.1, -0.05) is 17.7 Å². The Kier molecular flexibility index (Phi) is 6.20. The molecule has 0 fully saturated rings. The molecule has 27 heavy (non-hydrogen) atoms. The predicted molar refractivity (Wildman–Crippen MR) is 103 cm³/mol. The summed E-state index contributed by atoms with van der Waals surface area (Å²) in [4.78, 5) is 12.1. The zero-order valence-electron chi connectivity index (χ0n) is 14.0. The number of furan rings is 1. The van der Waals surface area contributed by atoms with E-state index in [-0.39, 0.29) is 23.1 Å². The number of halogens is 1. The molecule has 1 atom stereocenters. The van der Waals surface area contributed by atoms with Crippen LogP contribution in [0.3, 0.4) is 0 Å². The summed E-state index contributed by atoms with van der Waals surface area (Å²) in [5.74, 6) is 0.313.